The Morgan fingerprint density at radius 2 is 1.12 bits per heavy atom. The molecule has 0 amide bonds. The van der Waals surface area contributed by atoms with Crippen LogP contribution in [-0.4, -0.2) is 14.5 Å². The van der Waals surface area contributed by atoms with E-state index >= 15 is 0 Å². The third kappa shape index (κ3) is 6.50. The van der Waals surface area contributed by atoms with Crippen LogP contribution >= 0.6 is 0 Å². The first-order valence-electron chi connectivity index (χ1n) is 17.2. The number of benzene rings is 3. The van der Waals surface area contributed by atoms with Crippen molar-refractivity contribution in [2.75, 3.05) is 0 Å². The number of fused-ring (bicyclic) bond motifs is 3. The van der Waals surface area contributed by atoms with Crippen molar-refractivity contribution < 1.29 is 4.74 Å². The molecule has 48 heavy (non-hydrogen) atoms. The molecular weight excluding hydrogens is 587 g/mol. The number of hydrogen-bond acceptors (Lipinski definition) is 3. The van der Waals surface area contributed by atoms with Gasteiger partial charge in [-0.3, -0.25) is 4.57 Å². The van der Waals surface area contributed by atoms with Crippen LogP contribution in [0.15, 0.2) is 91.3 Å². The largest absolute Gasteiger partial charge is 0.439 e. The third-order valence-corrected chi connectivity index (χ3v) is 9.39. The summed E-state index contributed by atoms with van der Waals surface area (Å²) in [5.74, 6) is 2.30. The monoisotopic (exact) mass is 637 g/mol. The molecule has 248 valence electrons. The molecule has 0 aliphatic heterocycles. The Bertz CT molecular complexity index is 2140. The maximum Gasteiger partial charge on any atom is 0.219 e. The molecule has 4 heteroatoms. The Balaban J connectivity index is 1.60. The molecular formula is C44H51N3O. The summed E-state index contributed by atoms with van der Waals surface area (Å²) < 4.78 is 8.75. The Hall–Kier alpha value is -4.44. The summed E-state index contributed by atoms with van der Waals surface area (Å²) in [6.45, 7) is 27.1. The van der Waals surface area contributed by atoms with Crippen LogP contribution < -0.4 is 4.74 Å². The molecule has 0 aliphatic rings. The summed E-state index contributed by atoms with van der Waals surface area (Å²) >= 11 is 0. The zero-order valence-corrected chi connectivity index (χ0v) is 30.9. The number of nitrogens with zero attached hydrogens (tertiary/aromatic N) is 3. The van der Waals surface area contributed by atoms with E-state index in [2.05, 4.69) is 159 Å². The Morgan fingerprint density at radius 3 is 1.77 bits per heavy atom. The number of rotatable bonds is 4. The number of ether oxygens (including phenoxy) is 1. The average molecular weight is 638 g/mol. The molecule has 0 bridgehead atoms. The molecule has 0 N–H and O–H groups in total. The van der Waals surface area contributed by atoms with E-state index in [9.17, 15) is 0 Å². The fourth-order valence-corrected chi connectivity index (χ4v) is 6.43. The predicted molar refractivity (Wildman–Crippen MR) is 203 cm³/mol. The Labute approximate surface area is 287 Å². The van der Waals surface area contributed by atoms with Crippen LogP contribution in [-0.2, 0) is 21.7 Å². The fraction of sp³-hybridized carbons (Fsp3) is 0.364. The van der Waals surface area contributed by atoms with Gasteiger partial charge in [0.05, 0.1) is 11.0 Å². The first kappa shape index (κ1) is 33.5. The third-order valence-electron chi connectivity index (χ3n) is 9.39. The van der Waals surface area contributed by atoms with Gasteiger partial charge in [-0.25, -0.2) is 9.97 Å². The number of pyridine rings is 2. The van der Waals surface area contributed by atoms with E-state index in [1.165, 1.54) is 38.6 Å². The SMILES string of the molecule is CC(C)(C)c1ccnc(Oc2cccc(-c3cc4c(cc3C(C)(C)C)c3cc(C(C)(C)C)ccc3n4-c3cc(C(C)(C)C)ccn3)c2)c1. The second-order valence-corrected chi connectivity index (χ2v) is 17.4. The summed E-state index contributed by atoms with van der Waals surface area (Å²) in [7, 11) is 0. The van der Waals surface area contributed by atoms with Gasteiger partial charge in [0.15, 0.2) is 0 Å². The molecule has 0 spiro atoms. The van der Waals surface area contributed by atoms with Gasteiger partial charge in [-0.1, -0.05) is 101 Å². The first-order valence-corrected chi connectivity index (χ1v) is 17.2. The number of aromatic nitrogens is 3. The highest BCUT2D eigenvalue weighted by Crippen LogP contribution is 2.43. The fourth-order valence-electron chi connectivity index (χ4n) is 6.43. The van der Waals surface area contributed by atoms with Gasteiger partial charge in [-0.05, 0) is 110 Å². The molecule has 0 saturated heterocycles. The zero-order valence-electron chi connectivity index (χ0n) is 30.9. The summed E-state index contributed by atoms with van der Waals surface area (Å²) in [4.78, 5) is 9.50. The van der Waals surface area contributed by atoms with Crippen molar-refractivity contribution >= 4 is 21.8 Å². The average Bonchev–Trinajstić information content (AvgIpc) is 3.32. The molecule has 6 aromatic rings. The van der Waals surface area contributed by atoms with Gasteiger partial charge in [0.25, 0.3) is 0 Å². The van der Waals surface area contributed by atoms with Crippen LogP contribution in [0.3, 0.4) is 0 Å². The molecule has 0 radical (unpaired) electrons. The van der Waals surface area contributed by atoms with Gasteiger partial charge >= 0.3 is 0 Å². The topological polar surface area (TPSA) is 39.9 Å². The van der Waals surface area contributed by atoms with E-state index in [4.69, 9.17) is 9.72 Å². The Morgan fingerprint density at radius 1 is 0.521 bits per heavy atom. The number of hydrogen-bond donors (Lipinski definition) is 0. The van der Waals surface area contributed by atoms with Gasteiger partial charge in [-0.15, -0.1) is 0 Å². The van der Waals surface area contributed by atoms with E-state index in [0.29, 0.717) is 5.88 Å². The molecule has 3 heterocycles. The van der Waals surface area contributed by atoms with Crippen LogP contribution in [0.4, 0.5) is 0 Å². The lowest BCUT2D eigenvalue weighted by Gasteiger charge is -2.24. The molecule has 3 aromatic heterocycles. The van der Waals surface area contributed by atoms with Crippen LogP contribution in [0.1, 0.15) is 105 Å². The molecule has 4 nitrogen and oxygen atoms in total. The van der Waals surface area contributed by atoms with Crippen molar-refractivity contribution in [3.63, 3.8) is 0 Å². The Kier molecular flexibility index (Phi) is 8.10. The van der Waals surface area contributed by atoms with Gasteiger partial charge in [0.2, 0.25) is 5.88 Å². The van der Waals surface area contributed by atoms with Crippen molar-refractivity contribution in [2.24, 2.45) is 0 Å². The summed E-state index contributed by atoms with van der Waals surface area (Å²) in [5, 5.41) is 2.49. The van der Waals surface area contributed by atoms with Gasteiger partial charge in [0, 0.05) is 29.2 Å². The lowest BCUT2D eigenvalue weighted by atomic mass is 9.80. The molecule has 0 fully saturated rings. The summed E-state index contributed by atoms with van der Waals surface area (Å²) in [6, 6.07) is 28.7. The van der Waals surface area contributed by atoms with Gasteiger partial charge in [-0.2, -0.15) is 0 Å². The minimum Gasteiger partial charge on any atom is -0.439 e. The standard InChI is InChI=1S/C44H51N3O/c1-41(2,3)29-16-17-37-34(23-29)35-26-36(44(10,11)12)33(27-38(35)47(37)39-24-30(18-20-45-39)42(4,5)6)28-14-13-15-32(22-28)48-40-25-31(19-21-46-40)43(7,8)9/h13-27H,1-12H3. The van der Waals surface area contributed by atoms with E-state index < -0.39 is 0 Å². The zero-order chi connectivity index (χ0) is 34.8. The quantitative estimate of drug-likeness (QED) is 0.193. The predicted octanol–water partition coefficient (Wildman–Crippen LogP) is 12.2. The van der Waals surface area contributed by atoms with Crippen molar-refractivity contribution in [2.45, 2.75) is 105 Å². The van der Waals surface area contributed by atoms with E-state index in [-0.39, 0.29) is 21.7 Å². The van der Waals surface area contributed by atoms with Crippen molar-refractivity contribution in [3.8, 4) is 28.6 Å². The summed E-state index contributed by atoms with van der Waals surface area (Å²) in [5.41, 5.74) is 9.58. The highest BCUT2D eigenvalue weighted by atomic mass is 16.5. The van der Waals surface area contributed by atoms with Crippen LogP contribution in [0.2, 0.25) is 0 Å². The van der Waals surface area contributed by atoms with E-state index in [0.717, 1.165) is 28.2 Å². The van der Waals surface area contributed by atoms with Crippen molar-refractivity contribution in [1.82, 2.24) is 14.5 Å². The summed E-state index contributed by atoms with van der Waals surface area (Å²) in [6.07, 6.45) is 3.78. The maximum atomic E-state index is 6.39. The van der Waals surface area contributed by atoms with Crippen LogP contribution in [0.25, 0.3) is 38.8 Å². The minimum atomic E-state index is -0.108. The van der Waals surface area contributed by atoms with Crippen molar-refractivity contribution in [1.29, 1.82) is 0 Å². The molecule has 3 aromatic carbocycles. The normalized spacial score (nSPS) is 13.0. The molecule has 0 saturated carbocycles. The van der Waals surface area contributed by atoms with Crippen LogP contribution in [0.5, 0.6) is 11.6 Å². The highest BCUT2D eigenvalue weighted by Gasteiger charge is 2.25. The van der Waals surface area contributed by atoms with Gasteiger partial charge < -0.3 is 4.74 Å². The maximum absolute atomic E-state index is 6.39. The first-order chi connectivity index (χ1) is 22.3. The van der Waals surface area contributed by atoms with E-state index in [1.54, 1.807) is 0 Å². The van der Waals surface area contributed by atoms with Gasteiger partial charge in [0.1, 0.15) is 11.6 Å². The minimum absolute atomic E-state index is 0.00210. The molecule has 0 unspecified atom stereocenters. The molecule has 0 atom stereocenters. The smallest absolute Gasteiger partial charge is 0.219 e. The van der Waals surface area contributed by atoms with E-state index in [1.807, 2.05) is 24.5 Å². The van der Waals surface area contributed by atoms with Crippen molar-refractivity contribution in [3.05, 3.63) is 114 Å². The lowest BCUT2D eigenvalue weighted by Crippen LogP contribution is -2.13. The molecule has 6 rings (SSSR count). The highest BCUT2D eigenvalue weighted by molar-refractivity contribution is 6.11. The molecule has 0 aliphatic carbocycles. The second kappa shape index (κ2) is 11.6. The lowest BCUT2D eigenvalue weighted by molar-refractivity contribution is 0.459. The second-order valence-electron chi connectivity index (χ2n) is 17.4. The van der Waals surface area contributed by atoms with Crippen LogP contribution in [0, 0.1) is 0 Å².